The zero-order valence-corrected chi connectivity index (χ0v) is 10.9. The third-order valence-electron chi connectivity index (χ3n) is 2.60. The number of primary amides is 1. The maximum absolute atomic E-state index is 12.0. The molecular formula is C13H16F3NO2. The summed E-state index contributed by atoms with van der Waals surface area (Å²) in [6.07, 6.45) is -4.73. The topological polar surface area (TPSA) is 52.3 Å². The molecule has 1 amide bonds. The van der Waals surface area contributed by atoms with Crippen molar-refractivity contribution in [2.24, 2.45) is 11.1 Å². The molecule has 1 rings (SSSR count). The number of nitrogens with two attached hydrogens (primary N) is 1. The molecular weight excluding hydrogens is 259 g/mol. The molecule has 0 radical (unpaired) electrons. The van der Waals surface area contributed by atoms with Gasteiger partial charge in [-0.15, -0.1) is 13.2 Å². The SMILES string of the molecule is CC(C)(C)C(C(N)=O)c1ccc(OC(F)(F)F)cc1. The zero-order valence-electron chi connectivity index (χ0n) is 10.9. The summed E-state index contributed by atoms with van der Waals surface area (Å²) in [5.41, 5.74) is 5.49. The molecule has 2 N–H and O–H groups in total. The molecule has 0 heterocycles. The van der Waals surface area contributed by atoms with Gasteiger partial charge in [0.05, 0.1) is 5.92 Å². The van der Waals surface area contributed by atoms with Gasteiger partial charge in [-0.05, 0) is 23.1 Å². The van der Waals surface area contributed by atoms with E-state index < -0.39 is 23.6 Å². The minimum absolute atomic E-state index is 0.326. The number of rotatable bonds is 3. The lowest BCUT2D eigenvalue weighted by atomic mass is 9.76. The predicted octanol–water partition coefficient (Wildman–Crippen LogP) is 3.20. The molecule has 0 saturated heterocycles. The van der Waals surface area contributed by atoms with Crippen molar-refractivity contribution in [2.75, 3.05) is 0 Å². The standard InChI is InChI=1S/C13H16F3NO2/c1-12(2,3)10(11(17)18)8-4-6-9(7-5-8)19-13(14,15)16/h4-7,10H,1-3H3,(H2,17,18). The summed E-state index contributed by atoms with van der Waals surface area (Å²) in [5.74, 6) is -1.42. The van der Waals surface area contributed by atoms with Gasteiger partial charge in [-0.25, -0.2) is 0 Å². The van der Waals surface area contributed by atoms with E-state index in [1.165, 1.54) is 24.3 Å². The highest BCUT2D eigenvalue weighted by Crippen LogP contribution is 2.35. The Kier molecular flexibility index (Phi) is 4.12. The summed E-state index contributed by atoms with van der Waals surface area (Å²) >= 11 is 0. The Hall–Kier alpha value is -1.72. The van der Waals surface area contributed by atoms with Crippen LogP contribution >= 0.6 is 0 Å². The first-order chi connectivity index (χ1) is 8.50. The number of carbonyl (C=O) groups excluding carboxylic acids is 1. The highest BCUT2D eigenvalue weighted by Gasteiger charge is 2.33. The van der Waals surface area contributed by atoms with Gasteiger partial charge in [0.1, 0.15) is 5.75 Å². The largest absolute Gasteiger partial charge is 0.573 e. The molecule has 6 heteroatoms. The van der Waals surface area contributed by atoms with Crippen molar-refractivity contribution in [3.05, 3.63) is 29.8 Å². The van der Waals surface area contributed by atoms with Crippen LogP contribution in [-0.4, -0.2) is 12.3 Å². The van der Waals surface area contributed by atoms with Crippen LogP contribution in [0.4, 0.5) is 13.2 Å². The van der Waals surface area contributed by atoms with Gasteiger partial charge in [-0.2, -0.15) is 0 Å². The fourth-order valence-corrected chi connectivity index (χ4v) is 1.95. The number of ether oxygens (including phenoxy) is 1. The number of carbonyl (C=O) groups is 1. The van der Waals surface area contributed by atoms with Gasteiger partial charge in [0.25, 0.3) is 0 Å². The Morgan fingerprint density at radius 1 is 1.16 bits per heavy atom. The second-order valence-corrected chi connectivity index (χ2v) is 5.32. The van der Waals surface area contributed by atoms with Crippen molar-refractivity contribution >= 4 is 5.91 Å². The average molecular weight is 275 g/mol. The van der Waals surface area contributed by atoms with E-state index in [4.69, 9.17) is 5.73 Å². The van der Waals surface area contributed by atoms with Crippen LogP contribution < -0.4 is 10.5 Å². The summed E-state index contributed by atoms with van der Waals surface area (Å²) in [7, 11) is 0. The van der Waals surface area contributed by atoms with Crippen molar-refractivity contribution in [3.63, 3.8) is 0 Å². The maximum Gasteiger partial charge on any atom is 0.573 e. The van der Waals surface area contributed by atoms with E-state index >= 15 is 0 Å². The van der Waals surface area contributed by atoms with Crippen molar-refractivity contribution in [1.29, 1.82) is 0 Å². The Bertz CT molecular complexity index is 446. The summed E-state index contributed by atoms with van der Waals surface area (Å²) in [6, 6.07) is 5.18. The second-order valence-electron chi connectivity index (χ2n) is 5.32. The smallest absolute Gasteiger partial charge is 0.406 e. The van der Waals surface area contributed by atoms with Crippen molar-refractivity contribution in [2.45, 2.75) is 33.1 Å². The lowest BCUT2D eigenvalue weighted by molar-refractivity contribution is -0.274. The van der Waals surface area contributed by atoms with Crippen LogP contribution in [0, 0.1) is 5.41 Å². The van der Waals surface area contributed by atoms with Crippen molar-refractivity contribution < 1.29 is 22.7 Å². The van der Waals surface area contributed by atoms with Crippen molar-refractivity contribution in [3.8, 4) is 5.75 Å². The summed E-state index contributed by atoms with van der Waals surface area (Å²) < 4.78 is 39.8. The van der Waals surface area contributed by atoms with E-state index in [0.29, 0.717) is 5.56 Å². The summed E-state index contributed by atoms with van der Waals surface area (Å²) in [5, 5.41) is 0. The number of hydrogen-bond acceptors (Lipinski definition) is 2. The molecule has 0 aliphatic carbocycles. The quantitative estimate of drug-likeness (QED) is 0.921. The fourth-order valence-electron chi connectivity index (χ4n) is 1.95. The molecule has 1 atom stereocenters. The first kappa shape index (κ1) is 15.3. The first-order valence-corrected chi connectivity index (χ1v) is 5.66. The van der Waals surface area contributed by atoms with Crippen molar-refractivity contribution in [1.82, 2.24) is 0 Å². The minimum atomic E-state index is -4.73. The fraction of sp³-hybridized carbons (Fsp3) is 0.462. The third kappa shape index (κ3) is 4.46. The van der Waals surface area contributed by atoms with E-state index in [9.17, 15) is 18.0 Å². The van der Waals surface area contributed by atoms with Crippen LogP contribution in [0.3, 0.4) is 0 Å². The molecule has 1 aromatic carbocycles. The molecule has 19 heavy (non-hydrogen) atoms. The molecule has 0 fully saturated rings. The van der Waals surface area contributed by atoms with Crippen LogP contribution in [-0.2, 0) is 4.79 Å². The summed E-state index contributed by atoms with van der Waals surface area (Å²) in [6.45, 7) is 5.51. The lowest BCUT2D eigenvalue weighted by Gasteiger charge is -2.28. The number of benzene rings is 1. The molecule has 0 aliphatic rings. The lowest BCUT2D eigenvalue weighted by Crippen LogP contribution is -2.31. The van der Waals surface area contributed by atoms with Crippen LogP contribution in [0.25, 0.3) is 0 Å². The van der Waals surface area contributed by atoms with Gasteiger partial charge in [0, 0.05) is 0 Å². The minimum Gasteiger partial charge on any atom is -0.406 e. The first-order valence-electron chi connectivity index (χ1n) is 5.66. The van der Waals surface area contributed by atoms with E-state index in [2.05, 4.69) is 4.74 Å². The van der Waals surface area contributed by atoms with Gasteiger partial charge in [0.2, 0.25) is 5.91 Å². The number of alkyl halides is 3. The molecule has 0 spiro atoms. The Labute approximate surface area is 109 Å². The van der Waals surface area contributed by atoms with Crippen LogP contribution in [0.1, 0.15) is 32.3 Å². The Morgan fingerprint density at radius 3 is 1.95 bits per heavy atom. The number of hydrogen-bond donors (Lipinski definition) is 1. The Balaban J connectivity index is 3.00. The number of amides is 1. The van der Waals surface area contributed by atoms with Crippen LogP contribution in [0.2, 0.25) is 0 Å². The summed E-state index contributed by atoms with van der Waals surface area (Å²) in [4.78, 5) is 11.5. The van der Waals surface area contributed by atoms with E-state index in [1.54, 1.807) is 0 Å². The average Bonchev–Trinajstić information content (AvgIpc) is 2.15. The highest BCUT2D eigenvalue weighted by atomic mass is 19.4. The normalized spacial score (nSPS) is 14.0. The molecule has 0 aliphatic heterocycles. The van der Waals surface area contributed by atoms with Crippen LogP contribution in [0.15, 0.2) is 24.3 Å². The van der Waals surface area contributed by atoms with Gasteiger partial charge in [0.15, 0.2) is 0 Å². The molecule has 0 bridgehead atoms. The zero-order chi connectivity index (χ0) is 14.8. The van der Waals surface area contributed by atoms with Crippen LogP contribution in [0.5, 0.6) is 5.75 Å². The molecule has 1 unspecified atom stereocenters. The molecule has 0 aromatic heterocycles. The monoisotopic (exact) mass is 275 g/mol. The molecule has 0 saturated carbocycles. The molecule has 3 nitrogen and oxygen atoms in total. The van der Waals surface area contributed by atoms with Gasteiger partial charge >= 0.3 is 6.36 Å². The van der Waals surface area contributed by atoms with Gasteiger partial charge in [-0.1, -0.05) is 32.9 Å². The highest BCUT2D eigenvalue weighted by molar-refractivity contribution is 5.82. The van der Waals surface area contributed by atoms with E-state index in [0.717, 1.165) is 0 Å². The predicted molar refractivity (Wildman–Crippen MR) is 64.5 cm³/mol. The Morgan fingerprint density at radius 2 is 1.63 bits per heavy atom. The molecule has 106 valence electrons. The van der Waals surface area contributed by atoms with Gasteiger partial charge < -0.3 is 10.5 Å². The third-order valence-corrected chi connectivity index (χ3v) is 2.60. The van der Waals surface area contributed by atoms with E-state index in [1.807, 2.05) is 20.8 Å². The second kappa shape index (κ2) is 5.11. The molecule has 1 aromatic rings. The van der Waals surface area contributed by atoms with Gasteiger partial charge in [-0.3, -0.25) is 4.79 Å². The van der Waals surface area contributed by atoms with E-state index in [-0.39, 0.29) is 5.75 Å². The number of halogens is 3. The maximum atomic E-state index is 12.0.